The Morgan fingerprint density at radius 2 is 1.43 bits per heavy atom. The third kappa shape index (κ3) is 9.27. The monoisotopic (exact) mass is 677 g/mol. The predicted molar refractivity (Wildman–Crippen MR) is 184 cm³/mol. The number of sulfonamides is 1. The zero-order valence-electron chi connectivity index (χ0n) is 27.1. The van der Waals surface area contributed by atoms with Crippen LogP contribution >= 0.6 is 11.6 Å². The van der Waals surface area contributed by atoms with Gasteiger partial charge in [-0.25, -0.2) is 8.42 Å². The molecular weight excluding hydrogens is 638 g/mol. The number of rotatable bonds is 13. The summed E-state index contributed by atoms with van der Waals surface area (Å²) in [6.45, 7) is 4.99. The minimum Gasteiger partial charge on any atom is -0.497 e. The minimum atomic E-state index is -4.32. The number of carbonyl (C=O) groups is 2. The maximum absolute atomic E-state index is 14.6. The number of ether oxygens (including phenoxy) is 2. The molecule has 0 aromatic heterocycles. The van der Waals surface area contributed by atoms with Crippen molar-refractivity contribution in [3.63, 3.8) is 0 Å². The summed E-state index contributed by atoms with van der Waals surface area (Å²) in [7, 11) is -1.40. The van der Waals surface area contributed by atoms with Gasteiger partial charge < -0.3 is 19.7 Å². The van der Waals surface area contributed by atoms with Crippen molar-refractivity contribution in [2.45, 2.75) is 50.2 Å². The molecule has 4 aromatic rings. The molecule has 1 atom stereocenters. The number of benzene rings is 4. The first-order valence-corrected chi connectivity index (χ1v) is 16.8. The summed E-state index contributed by atoms with van der Waals surface area (Å²) in [6.07, 6.45) is 0.196. The number of anilines is 1. The Bertz CT molecular complexity index is 1760. The normalized spacial score (nSPS) is 12.1. The second-order valence-electron chi connectivity index (χ2n) is 12.0. The van der Waals surface area contributed by atoms with Crippen LogP contribution in [-0.2, 0) is 32.6 Å². The first kappa shape index (κ1) is 35.3. The van der Waals surface area contributed by atoms with Crippen LogP contribution in [0.15, 0.2) is 108 Å². The van der Waals surface area contributed by atoms with E-state index in [4.69, 9.17) is 21.1 Å². The molecule has 0 aliphatic heterocycles. The van der Waals surface area contributed by atoms with E-state index in [1.807, 2.05) is 51.1 Å². The smallest absolute Gasteiger partial charge is 0.264 e. The standard InChI is InChI=1S/C36H40ClN3O6S/c1-36(2,3)38-35(42)32(23-26-11-7-6-8-12-26)39(24-27-15-17-28(37)18-16-27)34(41)25-40(31-13-9-10-14-33(31)46-5)47(43,44)30-21-19-29(45-4)20-22-30/h6-22,32H,23-25H2,1-5H3,(H,38,42)/t32-/m0/s1. The quantitative estimate of drug-likeness (QED) is 0.183. The number of halogens is 1. The predicted octanol–water partition coefficient (Wildman–Crippen LogP) is 6.11. The van der Waals surface area contributed by atoms with Crippen LogP contribution in [0.4, 0.5) is 5.69 Å². The number of amides is 2. The topological polar surface area (TPSA) is 105 Å². The van der Waals surface area contributed by atoms with E-state index in [-0.39, 0.29) is 35.2 Å². The summed E-state index contributed by atoms with van der Waals surface area (Å²) in [6, 6.07) is 27.8. The van der Waals surface area contributed by atoms with Gasteiger partial charge in [-0.15, -0.1) is 0 Å². The summed E-state index contributed by atoms with van der Waals surface area (Å²) < 4.78 is 40.4. The average molecular weight is 678 g/mol. The molecule has 0 saturated carbocycles. The summed E-state index contributed by atoms with van der Waals surface area (Å²) >= 11 is 6.16. The molecule has 47 heavy (non-hydrogen) atoms. The van der Waals surface area contributed by atoms with Crippen molar-refractivity contribution in [3.05, 3.63) is 119 Å². The number of hydrogen-bond donors (Lipinski definition) is 1. The van der Waals surface area contributed by atoms with Gasteiger partial charge in [-0.3, -0.25) is 13.9 Å². The van der Waals surface area contributed by atoms with Crippen molar-refractivity contribution in [2.75, 3.05) is 25.1 Å². The maximum Gasteiger partial charge on any atom is 0.264 e. The number of carbonyl (C=O) groups excluding carboxylic acids is 2. The van der Waals surface area contributed by atoms with Gasteiger partial charge in [-0.05, 0) is 80.4 Å². The lowest BCUT2D eigenvalue weighted by atomic mass is 10.0. The van der Waals surface area contributed by atoms with Crippen molar-refractivity contribution in [2.24, 2.45) is 0 Å². The van der Waals surface area contributed by atoms with Gasteiger partial charge in [0.2, 0.25) is 11.8 Å². The van der Waals surface area contributed by atoms with Crippen LogP contribution in [0.2, 0.25) is 5.02 Å². The van der Waals surface area contributed by atoms with Crippen LogP contribution in [0.1, 0.15) is 31.9 Å². The average Bonchev–Trinajstić information content (AvgIpc) is 3.05. The Hall–Kier alpha value is -4.54. The van der Waals surface area contributed by atoms with Gasteiger partial charge in [0.25, 0.3) is 10.0 Å². The molecule has 2 amide bonds. The summed E-state index contributed by atoms with van der Waals surface area (Å²) in [5, 5.41) is 3.54. The molecular formula is C36H40ClN3O6S. The van der Waals surface area contributed by atoms with Crippen LogP contribution in [0.3, 0.4) is 0 Å². The van der Waals surface area contributed by atoms with Crippen LogP contribution < -0.4 is 19.1 Å². The number of nitrogens with one attached hydrogen (secondary N) is 1. The Morgan fingerprint density at radius 3 is 2.02 bits per heavy atom. The Morgan fingerprint density at radius 1 is 0.809 bits per heavy atom. The second-order valence-corrected chi connectivity index (χ2v) is 14.3. The molecule has 0 fully saturated rings. The molecule has 0 spiro atoms. The first-order chi connectivity index (χ1) is 22.3. The van der Waals surface area contributed by atoms with Crippen molar-refractivity contribution in [3.8, 4) is 11.5 Å². The first-order valence-electron chi connectivity index (χ1n) is 15.0. The van der Waals surface area contributed by atoms with Gasteiger partial charge in [-0.1, -0.05) is 66.2 Å². The van der Waals surface area contributed by atoms with E-state index in [2.05, 4.69) is 5.32 Å². The third-order valence-electron chi connectivity index (χ3n) is 7.32. The van der Waals surface area contributed by atoms with Gasteiger partial charge in [0.05, 0.1) is 24.8 Å². The number of nitrogens with zero attached hydrogens (tertiary/aromatic N) is 2. The zero-order valence-corrected chi connectivity index (χ0v) is 28.7. The SMILES string of the molecule is COc1ccc(S(=O)(=O)N(CC(=O)N(Cc2ccc(Cl)cc2)[C@@H](Cc2ccccc2)C(=O)NC(C)(C)C)c2ccccc2OC)cc1. The van der Waals surface area contributed by atoms with E-state index >= 15 is 0 Å². The number of methoxy groups -OCH3 is 2. The largest absolute Gasteiger partial charge is 0.497 e. The van der Waals surface area contributed by atoms with Gasteiger partial charge in [0.15, 0.2) is 0 Å². The summed E-state index contributed by atoms with van der Waals surface area (Å²) in [5.74, 6) is -0.224. The highest BCUT2D eigenvalue weighted by molar-refractivity contribution is 7.92. The molecule has 9 nitrogen and oxygen atoms in total. The number of hydrogen-bond acceptors (Lipinski definition) is 6. The molecule has 4 aromatic carbocycles. The van der Waals surface area contributed by atoms with E-state index in [1.54, 1.807) is 48.5 Å². The highest BCUT2D eigenvalue weighted by atomic mass is 35.5. The van der Waals surface area contributed by atoms with Gasteiger partial charge in [-0.2, -0.15) is 0 Å². The highest BCUT2D eigenvalue weighted by Gasteiger charge is 2.36. The van der Waals surface area contributed by atoms with E-state index in [1.165, 1.54) is 43.4 Å². The van der Waals surface area contributed by atoms with Gasteiger partial charge in [0, 0.05) is 23.5 Å². The molecule has 0 aliphatic carbocycles. The third-order valence-corrected chi connectivity index (χ3v) is 9.34. The van der Waals surface area contributed by atoms with Crippen molar-refractivity contribution in [1.82, 2.24) is 10.2 Å². The lowest BCUT2D eigenvalue weighted by molar-refractivity contribution is -0.140. The van der Waals surface area contributed by atoms with E-state index in [0.29, 0.717) is 16.3 Å². The van der Waals surface area contributed by atoms with Crippen LogP contribution in [0.5, 0.6) is 11.5 Å². The fraction of sp³-hybridized carbons (Fsp3) is 0.278. The molecule has 0 saturated heterocycles. The summed E-state index contributed by atoms with van der Waals surface area (Å²) in [5.41, 5.74) is 1.13. The van der Waals surface area contributed by atoms with Crippen LogP contribution in [0, 0.1) is 0 Å². The van der Waals surface area contributed by atoms with Crippen LogP contribution in [0.25, 0.3) is 0 Å². The fourth-order valence-electron chi connectivity index (χ4n) is 5.02. The van der Waals surface area contributed by atoms with Crippen molar-refractivity contribution in [1.29, 1.82) is 0 Å². The Kier molecular flexibility index (Phi) is 11.5. The molecule has 0 bridgehead atoms. The molecule has 4 rings (SSSR count). The van der Waals surface area contributed by atoms with E-state index in [0.717, 1.165) is 9.87 Å². The van der Waals surface area contributed by atoms with E-state index < -0.39 is 34.1 Å². The zero-order chi connectivity index (χ0) is 34.2. The van der Waals surface area contributed by atoms with Crippen LogP contribution in [-0.4, -0.2) is 57.5 Å². The van der Waals surface area contributed by atoms with Crippen molar-refractivity contribution < 1.29 is 27.5 Å². The Balaban J connectivity index is 1.84. The second kappa shape index (κ2) is 15.4. The lowest BCUT2D eigenvalue weighted by Gasteiger charge is -2.35. The van der Waals surface area contributed by atoms with Gasteiger partial charge in [0.1, 0.15) is 24.1 Å². The van der Waals surface area contributed by atoms with Crippen molar-refractivity contribution >= 4 is 39.1 Å². The Labute approximate surface area is 282 Å². The molecule has 0 radical (unpaired) electrons. The fourth-order valence-corrected chi connectivity index (χ4v) is 6.57. The van der Waals surface area contributed by atoms with Gasteiger partial charge >= 0.3 is 0 Å². The molecule has 248 valence electrons. The molecule has 0 aliphatic rings. The molecule has 1 N–H and O–H groups in total. The summed E-state index contributed by atoms with van der Waals surface area (Å²) in [4.78, 5) is 30.0. The molecule has 0 heterocycles. The highest BCUT2D eigenvalue weighted by Crippen LogP contribution is 2.33. The number of para-hydroxylation sites is 2. The lowest BCUT2D eigenvalue weighted by Crippen LogP contribution is -2.56. The minimum absolute atomic E-state index is 0.0212. The van der Waals surface area contributed by atoms with E-state index in [9.17, 15) is 18.0 Å². The molecule has 0 unspecified atom stereocenters. The maximum atomic E-state index is 14.6. The molecule has 11 heteroatoms.